The van der Waals surface area contributed by atoms with Crippen molar-refractivity contribution in [1.82, 2.24) is 25.2 Å². The Morgan fingerprint density at radius 2 is 2.08 bits per heavy atom. The van der Waals surface area contributed by atoms with Gasteiger partial charge >= 0.3 is 0 Å². The zero-order valence-electron chi connectivity index (χ0n) is 15.2. The van der Waals surface area contributed by atoms with Crippen LogP contribution >= 0.6 is 0 Å². The molecule has 1 aliphatic rings. The van der Waals surface area contributed by atoms with E-state index in [9.17, 15) is 4.79 Å². The van der Waals surface area contributed by atoms with E-state index in [4.69, 9.17) is 4.74 Å². The second kappa shape index (κ2) is 7.93. The highest BCUT2D eigenvalue weighted by atomic mass is 16.5. The fourth-order valence-corrected chi connectivity index (χ4v) is 3.34. The SMILES string of the molecule is CCn1nnc2cc(C(=O)NCC(C(C)C)N3CCOCC3)ccc21. The molecule has 0 aliphatic carbocycles. The van der Waals surface area contributed by atoms with Gasteiger partial charge < -0.3 is 10.1 Å². The van der Waals surface area contributed by atoms with Crippen LogP contribution in [0.5, 0.6) is 0 Å². The van der Waals surface area contributed by atoms with E-state index in [0.717, 1.165) is 43.9 Å². The van der Waals surface area contributed by atoms with Crippen molar-refractivity contribution in [2.24, 2.45) is 5.92 Å². The summed E-state index contributed by atoms with van der Waals surface area (Å²) in [6.07, 6.45) is 0. The van der Waals surface area contributed by atoms with Gasteiger partial charge in [0.1, 0.15) is 5.52 Å². The largest absolute Gasteiger partial charge is 0.379 e. The van der Waals surface area contributed by atoms with Gasteiger partial charge in [0.05, 0.1) is 18.7 Å². The highest BCUT2D eigenvalue weighted by molar-refractivity contribution is 5.97. The first-order valence-corrected chi connectivity index (χ1v) is 9.03. The van der Waals surface area contributed by atoms with Crippen molar-refractivity contribution >= 4 is 16.9 Å². The Morgan fingerprint density at radius 1 is 1.32 bits per heavy atom. The lowest BCUT2D eigenvalue weighted by atomic mass is 10.0. The molecule has 136 valence electrons. The molecule has 0 radical (unpaired) electrons. The molecule has 3 rings (SSSR count). The highest BCUT2D eigenvalue weighted by Gasteiger charge is 2.24. The zero-order chi connectivity index (χ0) is 17.8. The summed E-state index contributed by atoms with van der Waals surface area (Å²) in [6.45, 7) is 11.2. The van der Waals surface area contributed by atoms with Crippen LogP contribution in [-0.4, -0.2) is 64.7 Å². The van der Waals surface area contributed by atoms with E-state index in [1.54, 1.807) is 0 Å². The average Bonchev–Trinajstić information content (AvgIpc) is 3.04. The van der Waals surface area contributed by atoms with Gasteiger partial charge in [0.25, 0.3) is 5.91 Å². The van der Waals surface area contributed by atoms with Crippen LogP contribution in [0, 0.1) is 5.92 Å². The van der Waals surface area contributed by atoms with Crippen molar-refractivity contribution in [2.75, 3.05) is 32.8 Å². The highest BCUT2D eigenvalue weighted by Crippen LogP contribution is 2.15. The first kappa shape index (κ1) is 17.8. The van der Waals surface area contributed by atoms with E-state index < -0.39 is 0 Å². The summed E-state index contributed by atoms with van der Waals surface area (Å²) in [6, 6.07) is 5.88. The van der Waals surface area contributed by atoms with Gasteiger partial charge in [-0.15, -0.1) is 5.10 Å². The second-order valence-corrected chi connectivity index (χ2v) is 6.78. The van der Waals surface area contributed by atoms with E-state index >= 15 is 0 Å². The summed E-state index contributed by atoms with van der Waals surface area (Å²) in [5.74, 6) is 0.400. The molecule has 1 saturated heterocycles. The van der Waals surface area contributed by atoms with Gasteiger partial charge in [0.15, 0.2) is 0 Å². The number of amides is 1. The molecule has 1 aromatic heterocycles. The molecule has 7 nitrogen and oxygen atoms in total. The first-order chi connectivity index (χ1) is 12.1. The number of aromatic nitrogens is 3. The summed E-state index contributed by atoms with van der Waals surface area (Å²) >= 11 is 0. The molecule has 2 aromatic rings. The third-order valence-corrected chi connectivity index (χ3v) is 4.83. The monoisotopic (exact) mass is 345 g/mol. The Labute approximate surface area is 148 Å². The first-order valence-electron chi connectivity index (χ1n) is 9.03. The fourth-order valence-electron chi connectivity index (χ4n) is 3.34. The lowest BCUT2D eigenvalue weighted by molar-refractivity contribution is 0.00673. The van der Waals surface area contributed by atoms with Crippen molar-refractivity contribution < 1.29 is 9.53 Å². The third-order valence-electron chi connectivity index (χ3n) is 4.83. The van der Waals surface area contributed by atoms with Gasteiger partial charge in [-0.3, -0.25) is 9.69 Å². The van der Waals surface area contributed by atoms with E-state index in [0.29, 0.717) is 24.1 Å². The van der Waals surface area contributed by atoms with Crippen molar-refractivity contribution in [1.29, 1.82) is 0 Å². The molecule has 1 N–H and O–H groups in total. The maximum absolute atomic E-state index is 12.6. The Kier molecular flexibility index (Phi) is 5.65. The fraction of sp³-hybridized carbons (Fsp3) is 0.611. The molecule has 2 heterocycles. The van der Waals surface area contributed by atoms with Crippen LogP contribution in [0.25, 0.3) is 11.0 Å². The molecule has 1 amide bonds. The number of rotatable bonds is 6. The summed E-state index contributed by atoms with van der Waals surface area (Å²) in [5, 5.41) is 11.3. The number of benzene rings is 1. The number of fused-ring (bicyclic) bond motifs is 1. The molecule has 1 fully saturated rings. The van der Waals surface area contributed by atoms with Crippen LogP contribution in [0.1, 0.15) is 31.1 Å². The van der Waals surface area contributed by atoms with Gasteiger partial charge in [0, 0.05) is 37.8 Å². The van der Waals surface area contributed by atoms with Crippen molar-refractivity contribution in [2.45, 2.75) is 33.4 Å². The molecular formula is C18H27N5O2. The molecule has 1 aromatic carbocycles. The molecule has 25 heavy (non-hydrogen) atoms. The number of nitrogens with zero attached hydrogens (tertiary/aromatic N) is 4. The Balaban J connectivity index is 1.66. The lowest BCUT2D eigenvalue weighted by Gasteiger charge is -2.36. The van der Waals surface area contributed by atoms with E-state index in [2.05, 4.69) is 34.4 Å². The lowest BCUT2D eigenvalue weighted by Crippen LogP contribution is -2.51. The van der Waals surface area contributed by atoms with Crippen LogP contribution in [-0.2, 0) is 11.3 Å². The molecule has 1 atom stereocenters. The van der Waals surface area contributed by atoms with Crippen molar-refractivity contribution in [3.8, 4) is 0 Å². The second-order valence-electron chi connectivity index (χ2n) is 6.78. The van der Waals surface area contributed by atoms with Gasteiger partial charge in [-0.2, -0.15) is 0 Å². The van der Waals surface area contributed by atoms with Crippen molar-refractivity contribution in [3.63, 3.8) is 0 Å². The number of carbonyl (C=O) groups is 1. The average molecular weight is 345 g/mol. The van der Waals surface area contributed by atoms with Crippen LogP contribution in [0.2, 0.25) is 0 Å². The zero-order valence-corrected chi connectivity index (χ0v) is 15.2. The minimum atomic E-state index is -0.0631. The van der Waals surface area contributed by atoms with Gasteiger partial charge in [-0.25, -0.2) is 4.68 Å². The molecular weight excluding hydrogens is 318 g/mol. The maximum atomic E-state index is 12.6. The number of carbonyl (C=O) groups excluding carboxylic acids is 1. The van der Waals surface area contributed by atoms with Crippen LogP contribution < -0.4 is 5.32 Å². The van der Waals surface area contributed by atoms with Gasteiger partial charge in [-0.1, -0.05) is 19.1 Å². The normalized spacial score (nSPS) is 17.1. The number of hydrogen-bond acceptors (Lipinski definition) is 5. The van der Waals surface area contributed by atoms with Crippen LogP contribution in [0.3, 0.4) is 0 Å². The summed E-state index contributed by atoms with van der Waals surface area (Å²) < 4.78 is 7.26. The molecule has 0 bridgehead atoms. The minimum absolute atomic E-state index is 0.0631. The third kappa shape index (κ3) is 3.99. The number of aryl methyl sites for hydroxylation is 1. The Hall–Kier alpha value is -1.99. The van der Waals surface area contributed by atoms with Gasteiger partial charge in [0.2, 0.25) is 0 Å². The van der Waals surface area contributed by atoms with Crippen LogP contribution in [0.4, 0.5) is 0 Å². The topological polar surface area (TPSA) is 72.3 Å². The predicted molar refractivity (Wildman–Crippen MR) is 96.6 cm³/mol. The summed E-state index contributed by atoms with van der Waals surface area (Å²) in [7, 11) is 0. The van der Waals surface area contributed by atoms with Crippen LogP contribution in [0.15, 0.2) is 18.2 Å². The maximum Gasteiger partial charge on any atom is 0.251 e. The number of nitrogens with one attached hydrogen (secondary N) is 1. The number of ether oxygens (including phenoxy) is 1. The quantitative estimate of drug-likeness (QED) is 0.860. The van der Waals surface area contributed by atoms with Gasteiger partial charge in [-0.05, 0) is 31.0 Å². The Morgan fingerprint density at radius 3 is 2.76 bits per heavy atom. The molecule has 1 aliphatic heterocycles. The number of morpholine rings is 1. The van der Waals surface area contributed by atoms with E-state index in [1.807, 2.05) is 29.8 Å². The summed E-state index contributed by atoms with van der Waals surface area (Å²) in [5.41, 5.74) is 2.33. The summed E-state index contributed by atoms with van der Waals surface area (Å²) in [4.78, 5) is 15.0. The van der Waals surface area contributed by atoms with E-state index in [1.165, 1.54) is 0 Å². The predicted octanol–water partition coefficient (Wildman–Crippen LogP) is 1.54. The smallest absolute Gasteiger partial charge is 0.251 e. The minimum Gasteiger partial charge on any atom is -0.379 e. The van der Waals surface area contributed by atoms with E-state index in [-0.39, 0.29) is 5.91 Å². The molecule has 1 unspecified atom stereocenters. The standard InChI is InChI=1S/C18H27N5O2/c1-4-23-16-6-5-14(11-15(16)20-21-23)18(24)19-12-17(13(2)3)22-7-9-25-10-8-22/h5-6,11,13,17H,4,7-10,12H2,1-3H3,(H,19,24). The molecule has 0 saturated carbocycles. The molecule has 0 spiro atoms. The number of hydrogen-bond donors (Lipinski definition) is 1. The molecule has 7 heteroatoms. The van der Waals surface area contributed by atoms with Crippen molar-refractivity contribution in [3.05, 3.63) is 23.8 Å². The Bertz CT molecular complexity index is 721.